The van der Waals surface area contributed by atoms with E-state index in [0.29, 0.717) is 0 Å². The summed E-state index contributed by atoms with van der Waals surface area (Å²) in [5.41, 5.74) is 10.5. The molecule has 13 N–H and O–H groups in total. The smallest absolute Gasteiger partial charge is 0.328 e. The molecular formula is C21H34N8O12. The van der Waals surface area contributed by atoms with Gasteiger partial charge in [-0.15, -0.1) is 0 Å². The van der Waals surface area contributed by atoms with Crippen molar-refractivity contribution in [1.29, 1.82) is 0 Å². The van der Waals surface area contributed by atoms with Crippen molar-refractivity contribution in [2.75, 3.05) is 19.7 Å². The van der Waals surface area contributed by atoms with Crippen molar-refractivity contribution in [3.63, 3.8) is 0 Å². The van der Waals surface area contributed by atoms with E-state index in [2.05, 4.69) is 20.9 Å². The van der Waals surface area contributed by atoms with Crippen LogP contribution in [-0.2, 0) is 38.4 Å². The number of hydrogen-bond donors (Lipinski definition) is 11. The third kappa shape index (κ3) is 15.9. The lowest BCUT2D eigenvalue weighted by atomic mass is 10.1. The summed E-state index contributed by atoms with van der Waals surface area (Å²) in [6.07, 6.45) is -1.76. The van der Waals surface area contributed by atoms with Gasteiger partial charge in [0.25, 0.3) is 0 Å². The molecule has 0 aliphatic rings. The first kappa shape index (κ1) is 36.0. The molecule has 4 unspecified atom stereocenters. The molecule has 0 heterocycles. The number of nitrogens with zero attached hydrogens (tertiary/aromatic N) is 1. The van der Waals surface area contributed by atoms with Gasteiger partial charge in [-0.25, -0.2) is 4.79 Å². The van der Waals surface area contributed by atoms with E-state index in [-0.39, 0.29) is 25.3 Å². The van der Waals surface area contributed by atoms with Crippen molar-refractivity contribution in [2.45, 2.75) is 56.8 Å². The summed E-state index contributed by atoms with van der Waals surface area (Å²) < 4.78 is 0. The molecule has 20 nitrogen and oxygen atoms in total. The monoisotopic (exact) mass is 590 g/mol. The highest BCUT2D eigenvalue weighted by Crippen LogP contribution is 2.02. The van der Waals surface area contributed by atoms with Gasteiger partial charge in [-0.05, 0) is 12.8 Å². The van der Waals surface area contributed by atoms with Crippen molar-refractivity contribution < 1.29 is 58.8 Å². The predicted octanol–water partition coefficient (Wildman–Crippen LogP) is -5.86. The van der Waals surface area contributed by atoms with Crippen LogP contribution in [0.4, 0.5) is 0 Å². The highest BCUT2D eigenvalue weighted by atomic mass is 16.4. The molecule has 0 aliphatic carbocycles. The fraction of sp³-hybridized carbons (Fsp3) is 0.571. The Morgan fingerprint density at radius 3 is 1.68 bits per heavy atom. The van der Waals surface area contributed by atoms with Crippen LogP contribution in [-0.4, -0.2) is 118 Å². The minimum absolute atomic E-state index is 0.0316. The summed E-state index contributed by atoms with van der Waals surface area (Å²) in [6.45, 7) is -0.779. The van der Waals surface area contributed by atoms with Gasteiger partial charge in [0.2, 0.25) is 29.5 Å². The van der Waals surface area contributed by atoms with E-state index >= 15 is 0 Å². The number of carboxylic acid groups (broad SMARTS) is 3. The molecule has 0 saturated carbocycles. The van der Waals surface area contributed by atoms with Gasteiger partial charge in [-0.3, -0.25) is 38.6 Å². The minimum Gasteiger partial charge on any atom is -0.481 e. The number of carboxylic acids is 3. The highest BCUT2D eigenvalue weighted by Gasteiger charge is 2.30. The summed E-state index contributed by atoms with van der Waals surface area (Å²) in [5.74, 6) is -9.83. The maximum atomic E-state index is 12.8. The second-order valence-electron chi connectivity index (χ2n) is 8.38. The second kappa shape index (κ2) is 18.3. The molecule has 0 radical (unpaired) electrons. The lowest BCUT2D eigenvalue weighted by molar-refractivity contribution is -0.144. The van der Waals surface area contributed by atoms with Gasteiger partial charge >= 0.3 is 17.9 Å². The molecule has 0 saturated heterocycles. The molecule has 0 aromatic carbocycles. The minimum atomic E-state index is -1.78. The van der Waals surface area contributed by atoms with E-state index in [1.807, 2.05) is 10.6 Å². The van der Waals surface area contributed by atoms with Crippen LogP contribution in [0.15, 0.2) is 4.99 Å². The lowest BCUT2D eigenvalue weighted by Crippen LogP contribution is -2.56. The number of aliphatic carboxylic acids is 3. The Morgan fingerprint density at radius 1 is 0.732 bits per heavy atom. The van der Waals surface area contributed by atoms with Gasteiger partial charge < -0.3 is 58.5 Å². The third-order valence-electron chi connectivity index (χ3n) is 4.90. The third-order valence-corrected chi connectivity index (χ3v) is 4.90. The molecular weight excluding hydrogens is 556 g/mol. The fourth-order valence-corrected chi connectivity index (χ4v) is 3.05. The number of hydrogen-bond acceptors (Lipinski definition) is 10. The first-order chi connectivity index (χ1) is 19.1. The number of aliphatic imine (C=N–C) groups is 1. The Balaban J connectivity index is 5.51. The Labute approximate surface area is 232 Å². The van der Waals surface area contributed by atoms with Crippen LogP contribution in [0.2, 0.25) is 0 Å². The molecule has 0 aromatic rings. The summed E-state index contributed by atoms with van der Waals surface area (Å²) in [4.78, 5) is 98.3. The van der Waals surface area contributed by atoms with Crippen LogP contribution in [0.1, 0.15) is 32.6 Å². The molecule has 0 spiro atoms. The molecule has 5 amide bonds. The average Bonchev–Trinajstić information content (AvgIpc) is 2.85. The molecule has 230 valence electrons. The van der Waals surface area contributed by atoms with Crippen LogP contribution in [0.25, 0.3) is 0 Å². The van der Waals surface area contributed by atoms with E-state index in [9.17, 15) is 38.4 Å². The molecule has 0 fully saturated rings. The second-order valence-corrected chi connectivity index (χ2v) is 8.38. The quantitative estimate of drug-likeness (QED) is 0.0379. The SMILES string of the molecule is CC(=O)NC(CC(=O)O)C(=O)NC(CCCN=C(N)N)C(=O)NCC(=O)NC(CC(=O)O)C(=O)NC(CO)C(=O)O. The van der Waals surface area contributed by atoms with Crippen molar-refractivity contribution in [2.24, 2.45) is 16.5 Å². The first-order valence-electron chi connectivity index (χ1n) is 11.8. The maximum absolute atomic E-state index is 12.8. The van der Waals surface area contributed by atoms with Gasteiger partial charge in [0.15, 0.2) is 5.96 Å². The number of amides is 5. The first-order valence-corrected chi connectivity index (χ1v) is 11.8. The lowest BCUT2D eigenvalue weighted by Gasteiger charge is -2.22. The maximum Gasteiger partial charge on any atom is 0.328 e. The van der Waals surface area contributed by atoms with E-state index < -0.39 is 97.6 Å². The summed E-state index contributed by atoms with van der Waals surface area (Å²) in [7, 11) is 0. The Kier molecular flexibility index (Phi) is 16.1. The summed E-state index contributed by atoms with van der Waals surface area (Å²) in [5, 5.41) is 46.4. The van der Waals surface area contributed by atoms with Crippen molar-refractivity contribution in [3.8, 4) is 0 Å². The largest absolute Gasteiger partial charge is 0.481 e. The molecule has 0 rings (SSSR count). The van der Waals surface area contributed by atoms with Crippen molar-refractivity contribution >= 4 is 53.4 Å². The van der Waals surface area contributed by atoms with Gasteiger partial charge in [0.05, 0.1) is 26.0 Å². The van der Waals surface area contributed by atoms with Crippen molar-refractivity contribution in [3.05, 3.63) is 0 Å². The molecule has 4 atom stereocenters. The molecule has 41 heavy (non-hydrogen) atoms. The predicted molar refractivity (Wildman–Crippen MR) is 136 cm³/mol. The number of nitrogens with two attached hydrogens (primary N) is 2. The van der Waals surface area contributed by atoms with Crippen LogP contribution in [0.5, 0.6) is 0 Å². The molecule has 0 bridgehead atoms. The normalized spacial score (nSPS) is 13.2. The number of carbonyl (C=O) groups is 8. The summed E-state index contributed by atoms with van der Waals surface area (Å²) >= 11 is 0. The van der Waals surface area contributed by atoms with Crippen LogP contribution >= 0.6 is 0 Å². The van der Waals surface area contributed by atoms with Gasteiger partial charge in [0, 0.05) is 13.5 Å². The zero-order chi connectivity index (χ0) is 31.7. The van der Waals surface area contributed by atoms with Crippen LogP contribution in [0, 0.1) is 0 Å². The standard InChI is InChI=1S/C21H34N8O12/c1-9(31)26-11(5-15(33)34)18(38)28-10(3-2-4-24-21(22)23)17(37)25-7-14(32)27-12(6-16(35)36)19(39)29-13(8-30)20(40)41/h10-13,30H,2-8H2,1H3,(H,25,37)(H,26,31)(H,27,32)(H,28,38)(H,29,39)(H,33,34)(H,35,36)(H,40,41)(H4,22,23,24). The van der Waals surface area contributed by atoms with E-state index in [1.165, 1.54) is 0 Å². The fourth-order valence-electron chi connectivity index (χ4n) is 3.05. The van der Waals surface area contributed by atoms with Gasteiger partial charge in [-0.2, -0.15) is 0 Å². The topological polar surface area (TPSA) is 342 Å². The summed E-state index contributed by atoms with van der Waals surface area (Å²) in [6, 6.07) is -6.48. The Hall–Kier alpha value is -5.01. The number of carbonyl (C=O) groups excluding carboxylic acids is 5. The molecule has 0 aliphatic heterocycles. The van der Waals surface area contributed by atoms with E-state index in [1.54, 1.807) is 0 Å². The van der Waals surface area contributed by atoms with E-state index in [0.717, 1.165) is 6.92 Å². The molecule has 0 aromatic heterocycles. The van der Waals surface area contributed by atoms with E-state index in [4.69, 9.17) is 31.9 Å². The van der Waals surface area contributed by atoms with Crippen molar-refractivity contribution in [1.82, 2.24) is 26.6 Å². The molecule has 20 heteroatoms. The zero-order valence-electron chi connectivity index (χ0n) is 21.9. The van der Waals surface area contributed by atoms with Crippen LogP contribution in [0.3, 0.4) is 0 Å². The van der Waals surface area contributed by atoms with Gasteiger partial charge in [0.1, 0.15) is 24.2 Å². The van der Waals surface area contributed by atoms with Gasteiger partial charge in [-0.1, -0.05) is 0 Å². The number of aliphatic hydroxyl groups is 1. The number of nitrogens with one attached hydrogen (secondary N) is 5. The number of aliphatic hydroxyl groups excluding tert-OH is 1. The van der Waals surface area contributed by atoms with Crippen LogP contribution < -0.4 is 38.1 Å². The highest BCUT2D eigenvalue weighted by molar-refractivity contribution is 5.96. The number of guanidine groups is 1. The Bertz CT molecular complexity index is 1010. The average molecular weight is 591 g/mol. The Morgan fingerprint density at radius 2 is 1.24 bits per heavy atom. The number of rotatable bonds is 19. The zero-order valence-corrected chi connectivity index (χ0v) is 21.9.